The molecule has 0 bridgehead atoms. The molecule has 7 heteroatoms. The Labute approximate surface area is 119 Å². The van der Waals surface area contributed by atoms with Crippen molar-refractivity contribution in [2.24, 2.45) is 0 Å². The van der Waals surface area contributed by atoms with Crippen molar-refractivity contribution >= 4 is 16.0 Å². The fourth-order valence-corrected chi connectivity index (χ4v) is 2.63. The highest BCUT2D eigenvalue weighted by molar-refractivity contribution is 7.89. The largest absolute Gasteiger partial charge is 0.550 e. The number of rotatable bonds is 8. The normalized spacial score (nSPS) is 11.8. The molecular weight excluding hydrogens is 280 g/mol. The standard InChI is InChI=1S/C13H20N2O4S/c1-15(2)10-9-14-20(18,19)12-6-3-11(4-7-12)5-8-13(16)17/h3-4,6-7,14H,5,8-10H2,1-2H3,(H,16,17). The number of aryl methyl sites for hydroxylation is 1. The van der Waals surface area contributed by atoms with E-state index in [4.69, 9.17) is 0 Å². The van der Waals surface area contributed by atoms with Crippen LogP contribution in [0.1, 0.15) is 12.0 Å². The van der Waals surface area contributed by atoms with E-state index in [0.29, 0.717) is 19.5 Å². The first kappa shape index (κ1) is 16.6. The van der Waals surface area contributed by atoms with E-state index in [1.807, 2.05) is 14.1 Å². The van der Waals surface area contributed by atoms with E-state index in [0.717, 1.165) is 10.5 Å². The minimum Gasteiger partial charge on any atom is -0.550 e. The number of carboxylic acid groups (broad SMARTS) is 1. The highest BCUT2D eigenvalue weighted by Gasteiger charge is 2.13. The van der Waals surface area contributed by atoms with Gasteiger partial charge in [0, 0.05) is 5.97 Å². The first-order chi connectivity index (χ1) is 9.31. The van der Waals surface area contributed by atoms with Gasteiger partial charge in [0.05, 0.1) is 32.1 Å². The summed E-state index contributed by atoms with van der Waals surface area (Å²) in [5.74, 6) is -1.12. The number of carbonyl (C=O) groups is 1. The zero-order chi connectivity index (χ0) is 15.2. The molecule has 20 heavy (non-hydrogen) atoms. The summed E-state index contributed by atoms with van der Waals surface area (Å²) in [6.07, 6.45) is 0.260. The van der Waals surface area contributed by atoms with Crippen LogP contribution in [0, 0.1) is 0 Å². The monoisotopic (exact) mass is 300 g/mol. The Morgan fingerprint density at radius 3 is 2.35 bits per heavy atom. The molecule has 0 spiro atoms. The molecule has 112 valence electrons. The van der Waals surface area contributed by atoms with Crippen molar-refractivity contribution in [3.8, 4) is 0 Å². The Bertz CT molecular complexity index is 538. The number of quaternary nitrogens is 1. The van der Waals surface area contributed by atoms with Gasteiger partial charge in [-0.15, -0.1) is 0 Å². The summed E-state index contributed by atoms with van der Waals surface area (Å²) in [6.45, 7) is 1.07. The number of aliphatic carboxylic acids is 1. The van der Waals surface area contributed by atoms with E-state index in [2.05, 4.69) is 4.72 Å². The summed E-state index contributed by atoms with van der Waals surface area (Å²) >= 11 is 0. The van der Waals surface area contributed by atoms with Crippen LogP contribution in [-0.4, -0.2) is 41.6 Å². The molecule has 1 rings (SSSR count). The summed E-state index contributed by atoms with van der Waals surface area (Å²) in [5.41, 5.74) is 0.769. The molecule has 0 saturated carbocycles. The molecule has 2 N–H and O–H groups in total. The van der Waals surface area contributed by atoms with Gasteiger partial charge in [0.15, 0.2) is 0 Å². The second-order valence-electron chi connectivity index (χ2n) is 4.87. The smallest absolute Gasteiger partial charge is 0.240 e. The average Bonchev–Trinajstić information content (AvgIpc) is 2.36. The van der Waals surface area contributed by atoms with Crippen LogP contribution in [-0.2, 0) is 21.2 Å². The third kappa shape index (κ3) is 5.68. The molecule has 0 aliphatic rings. The molecule has 0 unspecified atom stereocenters. The van der Waals surface area contributed by atoms with Crippen molar-refractivity contribution in [1.82, 2.24) is 4.72 Å². The molecule has 6 nitrogen and oxygen atoms in total. The van der Waals surface area contributed by atoms with Gasteiger partial charge in [0.1, 0.15) is 0 Å². The highest BCUT2D eigenvalue weighted by Crippen LogP contribution is 2.11. The van der Waals surface area contributed by atoms with Crippen LogP contribution < -0.4 is 14.7 Å². The maximum Gasteiger partial charge on any atom is 0.240 e. The maximum absolute atomic E-state index is 12.0. The first-order valence-electron chi connectivity index (χ1n) is 6.39. The Balaban J connectivity index is 2.64. The molecule has 0 atom stereocenters. The third-order valence-corrected chi connectivity index (χ3v) is 4.25. The molecule has 1 aromatic carbocycles. The zero-order valence-corrected chi connectivity index (χ0v) is 12.5. The van der Waals surface area contributed by atoms with Gasteiger partial charge >= 0.3 is 0 Å². The van der Waals surface area contributed by atoms with Crippen molar-refractivity contribution < 1.29 is 23.2 Å². The Hall–Kier alpha value is -1.44. The van der Waals surface area contributed by atoms with E-state index in [9.17, 15) is 18.3 Å². The lowest BCUT2D eigenvalue weighted by Gasteiger charge is -2.10. The van der Waals surface area contributed by atoms with Gasteiger partial charge in [-0.2, -0.15) is 0 Å². The van der Waals surface area contributed by atoms with Crippen LogP contribution in [0.5, 0.6) is 0 Å². The third-order valence-electron chi connectivity index (χ3n) is 2.77. The Morgan fingerprint density at radius 1 is 1.25 bits per heavy atom. The second kappa shape index (κ2) is 7.37. The number of sulfonamides is 1. The molecule has 1 aromatic rings. The van der Waals surface area contributed by atoms with E-state index < -0.39 is 16.0 Å². The van der Waals surface area contributed by atoms with E-state index in [1.165, 1.54) is 12.1 Å². The van der Waals surface area contributed by atoms with E-state index >= 15 is 0 Å². The fourth-order valence-electron chi connectivity index (χ4n) is 1.60. The van der Waals surface area contributed by atoms with Gasteiger partial charge in [-0.1, -0.05) is 12.1 Å². The van der Waals surface area contributed by atoms with Crippen LogP contribution >= 0.6 is 0 Å². The van der Waals surface area contributed by atoms with Gasteiger partial charge < -0.3 is 14.8 Å². The average molecular weight is 300 g/mol. The number of hydrogen-bond donors (Lipinski definition) is 2. The SMILES string of the molecule is C[NH+](C)CCNS(=O)(=O)c1ccc(CCC(=O)[O-])cc1. The van der Waals surface area contributed by atoms with Gasteiger partial charge in [0.25, 0.3) is 0 Å². The molecule has 0 radical (unpaired) electrons. The minimum absolute atomic E-state index is 0.0735. The molecule has 0 fully saturated rings. The van der Waals surface area contributed by atoms with Crippen LogP contribution in [0.2, 0.25) is 0 Å². The lowest BCUT2D eigenvalue weighted by Crippen LogP contribution is -3.06. The van der Waals surface area contributed by atoms with Crippen molar-refractivity contribution in [1.29, 1.82) is 0 Å². The summed E-state index contributed by atoms with van der Waals surface area (Å²) in [6, 6.07) is 6.20. The quantitative estimate of drug-likeness (QED) is 0.570. The predicted molar refractivity (Wildman–Crippen MR) is 72.6 cm³/mol. The number of carbonyl (C=O) groups excluding carboxylic acids is 1. The Kier molecular flexibility index (Phi) is 6.12. The van der Waals surface area contributed by atoms with E-state index in [-0.39, 0.29) is 11.3 Å². The molecule has 0 aromatic heterocycles. The lowest BCUT2D eigenvalue weighted by atomic mass is 10.1. The highest BCUT2D eigenvalue weighted by atomic mass is 32.2. The summed E-state index contributed by atoms with van der Waals surface area (Å²) in [5, 5.41) is 10.4. The summed E-state index contributed by atoms with van der Waals surface area (Å²) in [4.78, 5) is 11.7. The van der Waals surface area contributed by atoms with Crippen molar-refractivity contribution in [3.05, 3.63) is 29.8 Å². The van der Waals surface area contributed by atoms with Crippen LogP contribution in [0.4, 0.5) is 0 Å². The summed E-state index contributed by atoms with van der Waals surface area (Å²) < 4.78 is 26.5. The maximum atomic E-state index is 12.0. The Morgan fingerprint density at radius 2 is 1.85 bits per heavy atom. The first-order valence-corrected chi connectivity index (χ1v) is 7.87. The summed E-state index contributed by atoms with van der Waals surface area (Å²) in [7, 11) is 0.394. The lowest BCUT2D eigenvalue weighted by molar-refractivity contribution is -0.856. The topological polar surface area (TPSA) is 90.7 Å². The number of nitrogens with one attached hydrogen (secondary N) is 2. The van der Waals surface area contributed by atoms with Crippen molar-refractivity contribution in [2.45, 2.75) is 17.7 Å². The molecule has 0 heterocycles. The second-order valence-corrected chi connectivity index (χ2v) is 6.64. The number of benzene rings is 1. The van der Waals surface area contributed by atoms with Crippen LogP contribution in [0.3, 0.4) is 0 Å². The zero-order valence-electron chi connectivity index (χ0n) is 11.7. The van der Waals surface area contributed by atoms with Crippen molar-refractivity contribution in [2.75, 3.05) is 27.2 Å². The molecule has 0 aliphatic carbocycles. The number of hydrogen-bond acceptors (Lipinski definition) is 4. The van der Waals surface area contributed by atoms with Gasteiger partial charge in [-0.05, 0) is 30.5 Å². The molecular formula is C13H20N2O4S. The fraction of sp³-hybridized carbons (Fsp3) is 0.462. The van der Waals surface area contributed by atoms with Crippen molar-refractivity contribution in [3.63, 3.8) is 0 Å². The van der Waals surface area contributed by atoms with E-state index in [1.54, 1.807) is 12.1 Å². The molecule has 0 amide bonds. The minimum atomic E-state index is -3.50. The molecule has 0 aliphatic heterocycles. The number of likely N-dealkylation sites (N-methyl/N-ethyl adjacent to an activating group) is 1. The van der Waals surface area contributed by atoms with Crippen LogP contribution in [0.15, 0.2) is 29.2 Å². The van der Waals surface area contributed by atoms with Gasteiger partial charge in [-0.25, -0.2) is 13.1 Å². The number of carboxylic acids is 1. The predicted octanol–water partition coefficient (Wildman–Crippen LogP) is -2.21. The van der Waals surface area contributed by atoms with Crippen LogP contribution in [0.25, 0.3) is 0 Å². The van der Waals surface area contributed by atoms with Gasteiger partial charge in [0.2, 0.25) is 10.0 Å². The molecule has 0 saturated heterocycles. The van der Waals surface area contributed by atoms with Gasteiger partial charge in [-0.3, -0.25) is 0 Å².